The predicted octanol–water partition coefficient (Wildman–Crippen LogP) is 3.96. The van der Waals surface area contributed by atoms with Crippen LogP contribution in [0.15, 0.2) is 71.5 Å². The SMILES string of the molecule is CN(Cc1ccccc1)Cc1ccc(C(=O)NCc2cccc(C(F)(F)F)c2)c(=O)[nH]1. The Morgan fingerprint density at radius 2 is 1.68 bits per heavy atom. The van der Waals surface area contributed by atoms with Crippen LogP contribution in [0.5, 0.6) is 0 Å². The highest BCUT2D eigenvalue weighted by molar-refractivity contribution is 5.93. The van der Waals surface area contributed by atoms with Crippen molar-refractivity contribution in [3.63, 3.8) is 0 Å². The zero-order chi connectivity index (χ0) is 22.4. The molecule has 8 heteroatoms. The monoisotopic (exact) mass is 429 g/mol. The molecule has 0 radical (unpaired) electrons. The van der Waals surface area contributed by atoms with E-state index in [0.29, 0.717) is 24.3 Å². The van der Waals surface area contributed by atoms with E-state index in [4.69, 9.17) is 0 Å². The van der Waals surface area contributed by atoms with E-state index >= 15 is 0 Å². The van der Waals surface area contributed by atoms with Crippen LogP contribution in [-0.2, 0) is 25.8 Å². The normalized spacial score (nSPS) is 11.5. The third-order valence-electron chi connectivity index (χ3n) is 4.66. The number of carbonyl (C=O) groups is 1. The molecule has 3 aromatic rings. The number of aromatic amines is 1. The van der Waals surface area contributed by atoms with Gasteiger partial charge in [-0.15, -0.1) is 0 Å². The van der Waals surface area contributed by atoms with Crippen molar-refractivity contribution in [3.05, 3.63) is 105 Å². The highest BCUT2D eigenvalue weighted by Gasteiger charge is 2.30. The molecule has 3 rings (SSSR count). The zero-order valence-corrected chi connectivity index (χ0v) is 16.9. The van der Waals surface area contributed by atoms with Gasteiger partial charge in [0.2, 0.25) is 0 Å². The maximum atomic E-state index is 12.8. The number of H-pyrrole nitrogens is 1. The fraction of sp³-hybridized carbons (Fsp3) is 0.217. The third-order valence-corrected chi connectivity index (χ3v) is 4.66. The Labute approximate surface area is 177 Å². The number of halogens is 3. The first kappa shape index (κ1) is 22.3. The molecular formula is C23H22F3N3O2. The Bertz CT molecular complexity index is 1090. The van der Waals surface area contributed by atoms with Crippen molar-refractivity contribution in [1.29, 1.82) is 0 Å². The van der Waals surface area contributed by atoms with E-state index in [1.807, 2.05) is 42.3 Å². The standard InChI is InChI=1S/C23H22F3N3O2/c1-29(14-16-6-3-2-4-7-16)15-19-10-11-20(22(31)28-19)21(30)27-13-17-8-5-9-18(12-17)23(24,25)26/h2-12H,13-15H2,1H3,(H,27,30)(H,28,31). The Morgan fingerprint density at radius 3 is 2.35 bits per heavy atom. The molecule has 0 unspecified atom stereocenters. The first-order chi connectivity index (χ1) is 14.7. The number of nitrogens with zero attached hydrogens (tertiary/aromatic N) is 1. The lowest BCUT2D eigenvalue weighted by Gasteiger charge is -2.16. The number of alkyl halides is 3. The minimum atomic E-state index is -4.46. The van der Waals surface area contributed by atoms with Gasteiger partial charge in [0, 0.05) is 25.3 Å². The van der Waals surface area contributed by atoms with E-state index in [2.05, 4.69) is 10.3 Å². The van der Waals surface area contributed by atoms with Crippen LogP contribution in [-0.4, -0.2) is 22.8 Å². The average molecular weight is 429 g/mol. The maximum Gasteiger partial charge on any atom is 0.416 e. The zero-order valence-electron chi connectivity index (χ0n) is 16.9. The van der Waals surface area contributed by atoms with Crippen molar-refractivity contribution in [2.45, 2.75) is 25.8 Å². The third kappa shape index (κ3) is 6.29. The van der Waals surface area contributed by atoms with E-state index in [1.165, 1.54) is 18.2 Å². The number of carbonyl (C=O) groups excluding carboxylic acids is 1. The average Bonchev–Trinajstić information content (AvgIpc) is 2.72. The van der Waals surface area contributed by atoms with E-state index in [-0.39, 0.29) is 12.1 Å². The summed E-state index contributed by atoms with van der Waals surface area (Å²) in [6, 6.07) is 17.6. The van der Waals surface area contributed by atoms with Gasteiger partial charge in [0.1, 0.15) is 5.56 Å². The molecule has 1 amide bonds. The Balaban J connectivity index is 1.60. The molecule has 5 nitrogen and oxygen atoms in total. The lowest BCUT2D eigenvalue weighted by molar-refractivity contribution is -0.137. The Morgan fingerprint density at radius 1 is 0.968 bits per heavy atom. The van der Waals surface area contributed by atoms with Crippen molar-refractivity contribution >= 4 is 5.91 Å². The summed E-state index contributed by atoms with van der Waals surface area (Å²) in [4.78, 5) is 29.4. The summed E-state index contributed by atoms with van der Waals surface area (Å²) in [6.45, 7) is 1.06. The van der Waals surface area contributed by atoms with Crippen LogP contribution < -0.4 is 10.9 Å². The van der Waals surface area contributed by atoms with E-state index in [0.717, 1.165) is 17.7 Å². The molecule has 0 aliphatic rings. The molecule has 0 fully saturated rings. The van der Waals surface area contributed by atoms with Crippen LogP contribution >= 0.6 is 0 Å². The number of hydrogen-bond donors (Lipinski definition) is 2. The molecule has 2 N–H and O–H groups in total. The number of hydrogen-bond acceptors (Lipinski definition) is 3. The number of rotatable bonds is 7. The molecule has 1 heterocycles. The first-order valence-electron chi connectivity index (χ1n) is 9.61. The quantitative estimate of drug-likeness (QED) is 0.598. The van der Waals surface area contributed by atoms with Crippen molar-refractivity contribution < 1.29 is 18.0 Å². The second-order valence-electron chi connectivity index (χ2n) is 7.27. The molecule has 162 valence electrons. The van der Waals surface area contributed by atoms with Crippen LogP contribution in [0, 0.1) is 0 Å². The molecule has 0 atom stereocenters. The molecule has 0 aliphatic heterocycles. The van der Waals surface area contributed by atoms with E-state index < -0.39 is 23.2 Å². The van der Waals surface area contributed by atoms with Crippen LogP contribution in [0.3, 0.4) is 0 Å². The lowest BCUT2D eigenvalue weighted by atomic mass is 10.1. The Hall–Kier alpha value is -3.39. The molecule has 1 aromatic heterocycles. The molecular weight excluding hydrogens is 407 g/mol. The maximum absolute atomic E-state index is 12.8. The van der Waals surface area contributed by atoms with Gasteiger partial charge in [-0.25, -0.2) is 0 Å². The molecule has 0 saturated heterocycles. The highest BCUT2D eigenvalue weighted by atomic mass is 19.4. The molecule has 2 aromatic carbocycles. The molecule has 0 aliphatic carbocycles. The van der Waals surface area contributed by atoms with Crippen LogP contribution in [0.1, 0.15) is 32.7 Å². The summed E-state index contributed by atoms with van der Waals surface area (Å²) in [5.41, 5.74) is 0.643. The molecule has 0 bridgehead atoms. The Kier molecular flexibility index (Phi) is 6.91. The number of amides is 1. The van der Waals surface area contributed by atoms with Gasteiger partial charge in [-0.1, -0.05) is 42.5 Å². The van der Waals surface area contributed by atoms with Gasteiger partial charge in [-0.3, -0.25) is 14.5 Å². The lowest BCUT2D eigenvalue weighted by Crippen LogP contribution is -2.30. The van der Waals surface area contributed by atoms with Gasteiger partial charge in [-0.2, -0.15) is 13.2 Å². The first-order valence-corrected chi connectivity index (χ1v) is 9.61. The van der Waals surface area contributed by atoms with Crippen molar-refractivity contribution in [2.24, 2.45) is 0 Å². The fourth-order valence-electron chi connectivity index (χ4n) is 3.16. The minimum absolute atomic E-state index is 0.0959. The number of nitrogens with one attached hydrogen (secondary N) is 2. The van der Waals surface area contributed by atoms with Crippen LogP contribution in [0.4, 0.5) is 13.2 Å². The summed E-state index contributed by atoms with van der Waals surface area (Å²) < 4.78 is 38.4. The van der Waals surface area contributed by atoms with Gasteiger partial charge >= 0.3 is 6.18 Å². The van der Waals surface area contributed by atoms with Gasteiger partial charge in [0.15, 0.2) is 0 Å². The van der Waals surface area contributed by atoms with Gasteiger partial charge in [0.25, 0.3) is 11.5 Å². The predicted molar refractivity (Wildman–Crippen MR) is 111 cm³/mol. The van der Waals surface area contributed by atoms with E-state index in [9.17, 15) is 22.8 Å². The number of aromatic nitrogens is 1. The van der Waals surface area contributed by atoms with E-state index in [1.54, 1.807) is 6.07 Å². The largest absolute Gasteiger partial charge is 0.416 e. The molecule has 0 spiro atoms. The number of pyridine rings is 1. The van der Waals surface area contributed by atoms with Crippen molar-refractivity contribution in [1.82, 2.24) is 15.2 Å². The second kappa shape index (κ2) is 9.61. The molecule has 31 heavy (non-hydrogen) atoms. The van der Waals surface area contributed by atoms with Gasteiger partial charge in [-0.05, 0) is 42.4 Å². The summed E-state index contributed by atoms with van der Waals surface area (Å²) in [7, 11) is 1.92. The van der Waals surface area contributed by atoms with Crippen LogP contribution in [0.2, 0.25) is 0 Å². The number of benzene rings is 2. The fourth-order valence-corrected chi connectivity index (χ4v) is 3.16. The van der Waals surface area contributed by atoms with Crippen LogP contribution in [0.25, 0.3) is 0 Å². The minimum Gasteiger partial charge on any atom is -0.348 e. The summed E-state index contributed by atoms with van der Waals surface area (Å²) in [5, 5.41) is 2.49. The summed E-state index contributed by atoms with van der Waals surface area (Å²) >= 11 is 0. The van der Waals surface area contributed by atoms with Gasteiger partial charge in [0.05, 0.1) is 5.56 Å². The smallest absolute Gasteiger partial charge is 0.348 e. The topological polar surface area (TPSA) is 65.2 Å². The molecule has 0 saturated carbocycles. The summed E-state index contributed by atoms with van der Waals surface area (Å²) in [6.07, 6.45) is -4.46. The van der Waals surface area contributed by atoms with Gasteiger partial charge < -0.3 is 10.3 Å². The van der Waals surface area contributed by atoms with Crippen molar-refractivity contribution in [3.8, 4) is 0 Å². The second-order valence-corrected chi connectivity index (χ2v) is 7.27. The van der Waals surface area contributed by atoms with Crippen molar-refractivity contribution in [2.75, 3.05) is 7.05 Å². The highest BCUT2D eigenvalue weighted by Crippen LogP contribution is 2.29. The summed E-state index contributed by atoms with van der Waals surface area (Å²) in [5.74, 6) is -0.650.